The molecule has 0 saturated carbocycles. The van der Waals surface area contributed by atoms with Gasteiger partial charge >= 0.3 is 12.0 Å². The van der Waals surface area contributed by atoms with Crippen LogP contribution in [0.4, 0.5) is 4.79 Å². The highest BCUT2D eigenvalue weighted by Gasteiger charge is 2.17. The van der Waals surface area contributed by atoms with Gasteiger partial charge in [0.1, 0.15) is 0 Å². The molecule has 0 bridgehead atoms. The predicted octanol–water partition coefficient (Wildman–Crippen LogP) is 3.08. The van der Waals surface area contributed by atoms with Crippen LogP contribution in [-0.2, 0) is 4.79 Å². The van der Waals surface area contributed by atoms with Crippen molar-refractivity contribution in [3.05, 3.63) is 35.9 Å². The number of carboxylic acids is 1. The first kappa shape index (κ1) is 17.0. The third-order valence-corrected chi connectivity index (χ3v) is 3.20. The molecule has 0 fully saturated rings. The Balaban J connectivity index is 2.45. The Morgan fingerprint density at radius 3 is 2.48 bits per heavy atom. The molecule has 0 saturated heterocycles. The first-order chi connectivity index (χ1) is 10.1. The van der Waals surface area contributed by atoms with E-state index in [0.717, 1.165) is 31.2 Å². The van der Waals surface area contributed by atoms with Crippen molar-refractivity contribution in [2.75, 3.05) is 6.54 Å². The molecule has 1 atom stereocenters. The third kappa shape index (κ3) is 7.34. The Kier molecular flexibility index (Phi) is 7.94. The lowest BCUT2D eigenvalue weighted by atomic mass is 10.0. The Morgan fingerprint density at radius 2 is 1.86 bits per heavy atom. The van der Waals surface area contributed by atoms with Crippen molar-refractivity contribution in [2.24, 2.45) is 0 Å². The molecule has 0 radical (unpaired) electrons. The summed E-state index contributed by atoms with van der Waals surface area (Å²) in [5, 5.41) is 14.5. The average molecular weight is 292 g/mol. The van der Waals surface area contributed by atoms with Crippen LogP contribution in [-0.4, -0.2) is 23.7 Å². The van der Waals surface area contributed by atoms with Gasteiger partial charge in [-0.2, -0.15) is 0 Å². The van der Waals surface area contributed by atoms with Crippen molar-refractivity contribution in [3.63, 3.8) is 0 Å². The summed E-state index contributed by atoms with van der Waals surface area (Å²) < 4.78 is 0. The quantitative estimate of drug-likeness (QED) is 0.612. The lowest BCUT2D eigenvalue weighted by Gasteiger charge is -2.18. The fourth-order valence-corrected chi connectivity index (χ4v) is 2.08. The molecule has 0 unspecified atom stereocenters. The second-order valence-corrected chi connectivity index (χ2v) is 5.02. The van der Waals surface area contributed by atoms with Crippen molar-refractivity contribution >= 4 is 12.0 Å². The molecule has 1 rings (SSSR count). The number of carbonyl (C=O) groups excluding carboxylic acids is 1. The number of nitrogens with one attached hydrogen (secondary N) is 2. The van der Waals surface area contributed by atoms with Gasteiger partial charge in [-0.1, -0.05) is 56.5 Å². The maximum absolute atomic E-state index is 11.8. The summed E-state index contributed by atoms with van der Waals surface area (Å²) in [6, 6.07) is 8.31. The lowest BCUT2D eigenvalue weighted by molar-refractivity contribution is -0.137. The Morgan fingerprint density at radius 1 is 1.14 bits per heavy atom. The van der Waals surface area contributed by atoms with Crippen molar-refractivity contribution in [1.29, 1.82) is 0 Å². The number of hydrogen-bond donors (Lipinski definition) is 3. The van der Waals surface area contributed by atoms with Gasteiger partial charge in [-0.3, -0.25) is 4.79 Å². The van der Waals surface area contributed by atoms with E-state index in [4.69, 9.17) is 5.11 Å². The van der Waals surface area contributed by atoms with Gasteiger partial charge in [0.05, 0.1) is 12.5 Å². The number of urea groups is 1. The Labute approximate surface area is 125 Å². The minimum Gasteiger partial charge on any atom is -0.481 e. The number of aliphatic carboxylic acids is 1. The van der Waals surface area contributed by atoms with Gasteiger partial charge in [-0.25, -0.2) is 4.79 Å². The minimum absolute atomic E-state index is 0.132. The minimum atomic E-state index is -0.938. The second-order valence-electron chi connectivity index (χ2n) is 5.02. The normalized spacial score (nSPS) is 11.7. The van der Waals surface area contributed by atoms with Crippen LogP contribution < -0.4 is 10.6 Å². The Bertz CT molecular complexity index is 434. The highest BCUT2D eigenvalue weighted by atomic mass is 16.4. The van der Waals surface area contributed by atoms with Gasteiger partial charge in [0.2, 0.25) is 0 Å². The van der Waals surface area contributed by atoms with E-state index in [1.807, 2.05) is 30.3 Å². The van der Waals surface area contributed by atoms with Crippen LogP contribution in [0.15, 0.2) is 30.3 Å². The van der Waals surface area contributed by atoms with E-state index in [9.17, 15) is 9.59 Å². The van der Waals surface area contributed by atoms with Crippen molar-refractivity contribution in [2.45, 2.75) is 45.1 Å². The fraction of sp³-hybridized carbons (Fsp3) is 0.500. The SMILES string of the molecule is CCCCCCNC(=O)N[C@H](CC(=O)O)c1ccccc1. The van der Waals surface area contributed by atoms with Crippen LogP contribution in [0.5, 0.6) is 0 Å². The summed E-state index contributed by atoms with van der Waals surface area (Å²) in [4.78, 5) is 22.8. The molecule has 0 aromatic heterocycles. The van der Waals surface area contributed by atoms with E-state index in [1.165, 1.54) is 0 Å². The van der Waals surface area contributed by atoms with Crippen molar-refractivity contribution in [3.8, 4) is 0 Å². The van der Waals surface area contributed by atoms with Crippen LogP contribution in [0.25, 0.3) is 0 Å². The van der Waals surface area contributed by atoms with Crippen LogP contribution >= 0.6 is 0 Å². The zero-order valence-electron chi connectivity index (χ0n) is 12.5. The number of benzene rings is 1. The van der Waals surface area contributed by atoms with Gasteiger partial charge in [0.25, 0.3) is 0 Å². The van der Waals surface area contributed by atoms with Crippen LogP contribution in [0, 0.1) is 0 Å². The molecular formula is C16H24N2O3. The second kappa shape index (κ2) is 9.80. The molecule has 0 spiro atoms. The number of unbranched alkanes of at least 4 members (excludes halogenated alkanes) is 3. The molecule has 1 aromatic carbocycles. The van der Waals surface area contributed by atoms with E-state index in [1.54, 1.807) is 0 Å². The molecule has 5 nitrogen and oxygen atoms in total. The molecule has 3 N–H and O–H groups in total. The molecule has 5 heteroatoms. The van der Waals surface area contributed by atoms with E-state index in [0.29, 0.717) is 6.54 Å². The van der Waals surface area contributed by atoms with E-state index in [2.05, 4.69) is 17.6 Å². The summed E-state index contributed by atoms with van der Waals surface area (Å²) in [6.07, 6.45) is 4.22. The molecule has 0 aliphatic rings. The van der Waals surface area contributed by atoms with E-state index >= 15 is 0 Å². The van der Waals surface area contributed by atoms with Gasteiger partial charge in [0.15, 0.2) is 0 Å². The topological polar surface area (TPSA) is 78.4 Å². The first-order valence-electron chi connectivity index (χ1n) is 7.44. The molecule has 116 valence electrons. The maximum atomic E-state index is 11.8. The van der Waals surface area contributed by atoms with E-state index in [-0.39, 0.29) is 12.5 Å². The zero-order chi connectivity index (χ0) is 15.5. The smallest absolute Gasteiger partial charge is 0.315 e. The lowest BCUT2D eigenvalue weighted by Crippen LogP contribution is -2.39. The fourth-order valence-electron chi connectivity index (χ4n) is 2.08. The molecule has 2 amide bonds. The van der Waals surface area contributed by atoms with Gasteiger partial charge in [-0.05, 0) is 12.0 Å². The molecular weight excluding hydrogens is 268 g/mol. The third-order valence-electron chi connectivity index (χ3n) is 3.20. The zero-order valence-corrected chi connectivity index (χ0v) is 12.5. The molecule has 0 aliphatic heterocycles. The van der Waals surface area contributed by atoms with E-state index < -0.39 is 12.0 Å². The summed E-state index contributed by atoms with van der Waals surface area (Å²) >= 11 is 0. The summed E-state index contributed by atoms with van der Waals surface area (Å²) in [5.41, 5.74) is 0.793. The van der Waals surface area contributed by atoms with Crippen LogP contribution in [0.2, 0.25) is 0 Å². The standard InChI is InChI=1S/C16H24N2O3/c1-2-3-4-8-11-17-16(21)18-14(12-15(19)20)13-9-6-5-7-10-13/h5-7,9-10,14H,2-4,8,11-12H2,1H3,(H,19,20)(H2,17,18,21)/t14-/m1/s1. The number of amides is 2. The van der Waals surface area contributed by atoms with Crippen molar-refractivity contribution in [1.82, 2.24) is 10.6 Å². The van der Waals surface area contributed by atoms with Crippen LogP contribution in [0.3, 0.4) is 0 Å². The number of carbonyl (C=O) groups is 2. The summed E-state index contributed by atoms with van der Waals surface area (Å²) in [5.74, 6) is -0.938. The molecule has 1 aromatic rings. The maximum Gasteiger partial charge on any atom is 0.315 e. The largest absolute Gasteiger partial charge is 0.481 e. The molecule has 0 aliphatic carbocycles. The first-order valence-corrected chi connectivity index (χ1v) is 7.44. The summed E-state index contributed by atoms with van der Waals surface area (Å²) in [7, 11) is 0. The highest BCUT2D eigenvalue weighted by Crippen LogP contribution is 2.16. The summed E-state index contributed by atoms with van der Waals surface area (Å²) in [6.45, 7) is 2.75. The van der Waals surface area contributed by atoms with Crippen molar-refractivity contribution < 1.29 is 14.7 Å². The number of rotatable bonds is 9. The van der Waals surface area contributed by atoms with Gasteiger partial charge in [0, 0.05) is 6.54 Å². The number of carboxylic acid groups (broad SMARTS) is 1. The Hall–Kier alpha value is -2.04. The predicted molar refractivity (Wildman–Crippen MR) is 82.1 cm³/mol. The average Bonchev–Trinajstić information content (AvgIpc) is 2.47. The molecule has 0 heterocycles. The number of hydrogen-bond acceptors (Lipinski definition) is 2. The highest BCUT2D eigenvalue weighted by molar-refractivity contribution is 5.76. The molecule has 21 heavy (non-hydrogen) atoms. The van der Waals surface area contributed by atoms with Crippen LogP contribution in [0.1, 0.15) is 50.6 Å². The van der Waals surface area contributed by atoms with Gasteiger partial charge < -0.3 is 15.7 Å². The van der Waals surface area contributed by atoms with Gasteiger partial charge in [-0.15, -0.1) is 0 Å². The monoisotopic (exact) mass is 292 g/mol.